The van der Waals surface area contributed by atoms with Crippen molar-refractivity contribution in [3.05, 3.63) is 100 Å². The van der Waals surface area contributed by atoms with Crippen molar-refractivity contribution < 1.29 is 0 Å². The minimum absolute atomic E-state index is 0.219. The Bertz CT molecular complexity index is 910. The van der Waals surface area contributed by atoms with Crippen molar-refractivity contribution >= 4 is 5.57 Å². The molecule has 1 aromatic carbocycles. The number of hydrogen-bond donors (Lipinski definition) is 0. The molecule has 3 heteroatoms. The van der Waals surface area contributed by atoms with Crippen LogP contribution in [0.15, 0.2) is 72.1 Å². The number of allylic oxidation sites excluding steroid dienone is 5. The molecule has 0 N–H and O–H groups in total. The number of nitrogens with zero attached hydrogens (tertiary/aromatic N) is 2. The summed E-state index contributed by atoms with van der Waals surface area (Å²) in [5, 5.41) is 9.44. The number of nitriles is 1. The average Bonchev–Trinajstić information content (AvgIpc) is 2.65. The number of hydrogen-bond acceptors (Lipinski definition) is 2. The topological polar surface area (TPSA) is 45.8 Å². The normalized spacial score (nSPS) is 11.5. The van der Waals surface area contributed by atoms with E-state index in [0.717, 1.165) is 22.4 Å². The second-order valence-electron chi connectivity index (χ2n) is 5.62. The molecule has 1 aromatic heterocycles. The van der Waals surface area contributed by atoms with Crippen molar-refractivity contribution in [1.29, 1.82) is 5.26 Å². The van der Waals surface area contributed by atoms with E-state index in [2.05, 4.69) is 12.6 Å². The third-order valence-electron chi connectivity index (χ3n) is 4.04. The Morgan fingerprint density at radius 2 is 2.04 bits per heavy atom. The van der Waals surface area contributed by atoms with E-state index in [9.17, 15) is 10.1 Å². The lowest BCUT2D eigenvalue weighted by Gasteiger charge is -2.16. The maximum atomic E-state index is 13.0. The van der Waals surface area contributed by atoms with Crippen LogP contribution < -0.4 is 5.56 Å². The van der Waals surface area contributed by atoms with Gasteiger partial charge in [0, 0.05) is 0 Å². The molecule has 0 aliphatic carbocycles. The summed E-state index contributed by atoms with van der Waals surface area (Å²) >= 11 is 0. The molecule has 0 aliphatic heterocycles. The molecule has 2 aromatic rings. The molecule has 0 atom stereocenters. The molecular formula is C22H22N2O. The minimum Gasteiger partial charge on any atom is -0.303 e. The monoisotopic (exact) mass is 330 g/mol. The van der Waals surface area contributed by atoms with Gasteiger partial charge in [-0.2, -0.15) is 5.26 Å². The van der Waals surface area contributed by atoms with Gasteiger partial charge in [-0.1, -0.05) is 68.1 Å². The largest absolute Gasteiger partial charge is 0.303 e. The Morgan fingerprint density at radius 3 is 2.60 bits per heavy atom. The van der Waals surface area contributed by atoms with Gasteiger partial charge in [0.1, 0.15) is 11.6 Å². The fraction of sp³-hybridized carbons (Fsp3) is 0.182. The third-order valence-corrected chi connectivity index (χ3v) is 4.04. The van der Waals surface area contributed by atoms with Crippen molar-refractivity contribution in [3.8, 4) is 6.07 Å². The van der Waals surface area contributed by atoms with Crippen LogP contribution >= 0.6 is 0 Å². The molecule has 0 aliphatic rings. The lowest BCUT2D eigenvalue weighted by molar-refractivity contribution is 0.740. The van der Waals surface area contributed by atoms with E-state index < -0.39 is 0 Å². The van der Waals surface area contributed by atoms with Crippen LogP contribution in [0.2, 0.25) is 0 Å². The third kappa shape index (κ3) is 4.05. The molecule has 2 rings (SSSR count). The number of aryl methyl sites for hydroxylation is 1. The molecule has 25 heavy (non-hydrogen) atoms. The van der Waals surface area contributed by atoms with Crippen molar-refractivity contribution in [2.75, 3.05) is 0 Å². The molecule has 0 bridgehead atoms. The summed E-state index contributed by atoms with van der Waals surface area (Å²) in [6.45, 7) is 8.18. The Kier molecular flexibility index (Phi) is 6.31. The van der Waals surface area contributed by atoms with Gasteiger partial charge < -0.3 is 4.57 Å². The van der Waals surface area contributed by atoms with Crippen molar-refractivity contribution in [3.63, 3.8) is 0 Å². The first kappa shape index (κ1) is 18.2. The van der Waals surface area contributed by atoms with E-state index in [4.69, 9.17) is 0 Å². The molecule has 0 spiro atoms. The van der Waals surface area contributed by atoms with Gasteiger partial charge in [0.25, 0.3) is 5.56 Å². The standard InChI is InChI=1S/C22H22N2O/c1-4-7-13-18(5-2)21-14-19(6-3)20(15-23)22(25)24(21)16-17-11-9-8-10-12-17/h4-5,7-14H,2,6,16H2,1,3H3/b7-4-,18-13+. The summed E-state index contributed by atoms with van der Waals surface area (Å²) in [6.07, 6.45) is 8.13. The molecule has 1 heterocycles. The molecule has 3 nitrogen and oxygen atoms in total. The van der Waals surface area contributed by atoms with E-state index in [1.807, 2.05) is 68.5 Å². The molecule has 126 valence electrons. The Labute approximate surface area is 148 Å². The number of benzene rings is 1. The summed E-state index contributed by atoms with van der Waals surface area (Å²) in [4.78, 5) is 13.0. The lowest BCUT2D eigenvalue weighted by Crippen LogP contribution is -2.27. The lowest BCUT2D eigenvalue weighted by atomic mass is 10.0. The van der Waals surface area contributed by atoms with Gasteiger partial charge in [-0.15, -0.1) is 0 Å². The highest BCUT2D eigenvalue weighted by Crippen LogP contribution is 2.19. The molecule has 0 amide bonds. The first-order valence-electron chi connectivity index (χ1n) is 8.32. The van der Waals surface area contributed by atoms with E-state index in [1.165, 1.54) is 0 Å². The summed E-state index contributed by atoms with van der Waals surface area (Å²) in [5.41, 5.74) is 3.36. The van der Waals surface area contributed by atoms with Crippen LogP contribution in [0.5, 0.6) is 0 Å². The fourth-order valence-corrected chi connectivity index (χ4v) is 2.72. The molecular weight excluding hydrogens is 308 g/mol. The Hall–Kier alpha value is -3.12. The maximum absolute atomic E-state index is 13.0. The zero-order chi connectivity index (χ0) is 18.2. The zero-order valence-electron chi connectivity index (χ0n) is 14.7. The highest BCUT2D eigenvalue weighted by molar-refractivity contribution is 5.73. The van der Waals surface area contributed by atoms with Crippen molar-refractivity contribution in [2.45, 2.75) is 26.8 Å². The summed E-state index contributed by atoms with van der Waals surface area (Å²) in [6, 6.07) is 13.8. The van der Waals surface area contributed by atoms with Crippen LogP contribution in [0.3, 0.4) is 0 Å². The van der Waals surface area contributed by atoms with Gasteiger partial charge in [0.2, 0.25) is 0 Å². The van der Waals surface area contributed by atoms with Gasteiger partial charge in [0.15, 0.2) is 0 Å². The van der Waals surface area contributed by atoms with Gasteiger partial charge in [-0.3, -0.25) is 4.79 Å². The van der Waals surface area contributed by atoms with Crippen LogP contribution in [0.4, 0.5) is 0 Å². The molecule has 0 saturated heterocycles. The van der Waals surface area contributed by atoms with E-state index in [0.29, 0.717) is 13.0 Å². The predicted octanol–water partition coefficient (Wildman–Crippen LogP) is 4.48. The van der Waals surface area contributed by atoms with Crippen LogP contribution in [-0.4, -0.2) is 4.57 Å². The second kappa shape index (κ2) is 8.65. The van der Waals surface area contributed by atoms with Crippen LogP contribution in [-0.2, 0) is 13.0 Å². The van der Waals surface area contributed by atoms with Gasteiger partial charge >= 0.3 is 0 Å². The average molecular weight is 330 g/mol. The Balaban J connectivity index is 2.75. The first-order chi connectivity index (χ1) is 12.2. The molecule has 0 radical (unpaired) electrons. The summed E-state index contributed by atoms with van der Waals surface area (Å²) in [7, 11) is 0. The highest BCUT2D eigenvalue weighted by Gasteiger charge is 2.15. The predicted molar refractivity (Wildman–Crippen MR) is 103 cm³/mol. The number of rotatable bonds is 6. The fourth-order valence-electron chi connectivity index (χ4n) is 2.72. The Morgan fingerprint density at radius 1 is 1.32 bits per heavy atom. The van der Waals surface area contributed by atoms with Gasteiger partial charge in [0.05, 0.1) is 12.2 Å². The summed E-state index contributed by atoms with van der Waals surface area (Å²) < 4.78 is 1.66. The summed E-state index contributed by atoms with van der Waals surface area (Å²) in [5.74, 6) is 0. The van der Waals surface area contributed by atoms with Crippen molar-refractivity contribution in [2.24, 2.45) is 0 Å². The zero-order valence-corrected chi connectivity index (χ0v) is 14.7. The van der Waals surface area contributed by atoms with Crippen LogP contribution in [0.1, 0.15) is 36.2 Å². The quantitative estimate of drug-likeness (QED) is 0.733. The highest BCUT2D eigenvalue weighted by atomic mass is 16.1. The second-order valence-corrected chi connectivity index (χ2v) is 5.62. The molecule has 0 fully saturated rings. The van der Waals surface area contributed by atoms with Crippen molar-refractivity contribution in [1.82, 2.24) is 4.57 Å². The van der Waals surface area contributed by atoms with E-state index in [-0.39, 0.29) is 11.1 Å². The van der Waals surface area contributed by atoms with E-state index >= 15 is 0 Å². The number of aromatic nitrogens is 1. The van der Waals surface area contributed by atoms with Gasteiger partial charge in [-0.25, -0.2) is 0 Å². The van der Waals surface area contributed by atoms with Crippen LogP contribution in [0.25, 0.3) is 5.57 Å². The smallest absolute Gasteiger partial charge is 0.269 e. The van der Waals surface area contributed by atoms with Gasteiger partial charge in [-0.05, 0) is 36.1 Å². The first-order valence-corrected chi connectivity index (χ1v) is 8.32. The molecule has 0 saturated carbocycles. The SMILES string of the molecule is C=C/C(=C\C=C/C)c1cc(CC)c(C#N)c(=O)n1Cc1ccccc1. The molecule has 0 unspecified atom stereocenters. The minimum atomic E-state index is -0.256. The number of pyridine rings is 1. The van der Waals surface area contributed by atoms with Crippen LogP contribution in [0, 0.1) is 11.3 Å². The van der Waals surface area contributed by atoms with E-state index in [1.54, 1.807) is 10.6 Å². The maximum Gasteiger partial charge on any atom is 0.269 e.